The van der Waals surface area contributed by atoms with Gasteiger partial charge in [0, 0.05) is 47.0 Å². The van der Waals surface area contributed by atoms with Crippen LogP contribution in [0.3, 0.4) is 0 Å². The molecule has 1 aromatic carbocycles. The van der Waals surface area contributed by atoms with Crippen LogP contribution in [0.1, 0.15) is 30.1 Å². The number of fused-ring (bicyclic) bond motifs is 1. The van der Waals surface area contributed by atoms with E-state index in [0.717, 1.165) is 49.4 Å². The first kappa shape index (κ1) is 17.1. The van der Waals surface area contributed by atoms with Gasteiger partial charge in [0.15, 0.2) is 5.65 Å². The Balaban J connectivity index is 1.55. The maximum atomic E-state index is 6.50. The summed E-state index contributed by atoms with van der Waals surface area (Å²) in [5, 5.41) is 1.37. The van der Waals surface area contributed by atoms with Crippen molar-refractivity contribution >= 4 is 46.1 Å². The van der Waals surface area contributed by atoms with E-state index in [1.807, 2.05) is 24.3 Å². The molecule has 0 unspecified atom stereocenters. The number of aromatic nitrogens is 3. The lowest BCUT2D eigenvalue weighted by atomic mass is 9.97. The molecule has 1 aliphatic heterocycles. The molecule has 1 atom stereocenters. The van der Waals surface area contributed by atoms with Gasteiger partial charge in [0.25, 0.3) is 0 Å². The molecule has 0 N–H and O–H groups in total. The molecule has 1 saturated heterocycles. The van der Waals surface area contributed by atoms with E-state index in [4.69, 9.17) is 35.0 Å². The lowest BCUT2D eigenvalue weighted by molar-refractivity contribution is 0.196. The van der Waals surface area contributed by atoms with Crippen LogP contribution >= 0.6 is 35.0 Å². The molecule has 4 nitrogen and oxygen atoms in total. The van der Waals surface area contributed by atoms with Crippen LogP contribution in [0, 0.1) is 0 Å². The number of imidazole rings is 1. The first-order chi connectivity index (χ1) is 12.1. The summed E-state index contributed by atoms with van der Waals surface area (Å²) < 4.78 is 1.66. The van der Waals surface area contributed by atoms with Gasteiger partial charge in [0.1, 0.15) is 11.3 Å². The minimum absolute atomic E-state index is 0.284. The Morgan fingerprint density at radius 2 is 2.08 bits per heavy atom. The van der Waals surface area contributed by atoms with Gasteiger partial charge in [0.2, 0.25) is 0 Å². The topological polar surface area (TPSA) is 34.0 Å². The summed E-state index contributed by atoms with van der Waals surface area (Å²) in [6, 6.07) is 9.50. The number of hydrogen-bond donors (Lipinski definition) is 0. The third-order valence-electron chi connectivity index (χ3n) is 4.68. The fraction of sp³-hybridized carbons (Fsp3) is 0.333. The van der Waals surface area contributed by atoms with E-state index in [-0.39, 0.29) is 5.92 Å². The van der Waals surface area contributed by atoms with Gasteiger partial charge in [-0.2, -0.15) is 0 Å². The first-order valence-corrected chi connectivity index (χ1v) is 9.37. The van der Waals surface area contributed by atoms with Crippen molar-refractivity contribution in [3.63, 3.8) is 0 Å². The van der Waals surface area contributed by atoms with Crippen LogP contribution < -0.4 is 0 Å². The summed E-state index contributed by atoms with van der Waals surface area (Å²) in [6.07, 6.45) is 3.91. The minimum Gasteiger partial charge on any atom is -0.298 e. The van der Waals surface area contributed by atoms with Crippen LogP contribution in [-0.4, -0.2) is 32.0 Å². The summed E-state index contributed by atoms with van der Waals surface area (Å²) in [6.45, 7) is 2.73. The van der Waals surface area contributed by atoms with E-state index >= 15 is 0 Å². The number of halogens is 3. The highest BCUT2D eigenvalue weighted by Crippen LogP contribution is 2.31. The Morgan fingerprint density at radius 3 is 2.88 bits per heavy atom. The van der Waals surface area contributed by atoms with Crippen molar-refractivity contribution in [1.82, 2.24) is 19.0 Å². The molecule has 0 amide bonds. The molecule has 4 rings (SSSR count). The Morgan fingerprint density at radius 1 is 1.20 bits per heavy atom. The summed E-state index contributed by atoms with van der Waals surface area (Å²) in [7, 11) is 0. The summed E-state index contributed by atoms with van der Waals surface area (Å²) in [4.78, 5) is 11.4. The zero-order chi connectivity index (χ0) is 17.4. The molecule has 2 aromatic heterocycles. The maximum Gasteiger partial charge on any atom is 0.179 e. The molecule has 0 radical (unpaired) electrons. The van der Waals surface area contributed by atoms with E-state index in [1.165, 1.54) is 0 Å². The van der Waals surface area contributed by atoms with Crippen LogP contribution in [-0.2, 0) is 6.54 Å². The highest BCUT2D eigenvalue weighted by Gasteiger charge is 2.26. The van der Waals surface area contributed by atoms with Crippen molar-refractivity contribution in [1.29, 1.82) is 0 Å². The molecule has 0 aliphatic carbocycles. The third-order valence-corrected chi connectivity index (χ3v) is 5.62. The molecular weight excluding hydrogens is 379 g/mol. The molecule has 3 aromatic rings. The van der Waals surface area contributed by atoms with Crippen molar-refractivity contribution < 1.29 is 0 Å². The lowest BCUT2D eigenvalue weighted by Crippen LogP contribution is -2.34. The molecule has 1 fully saturated rings. The maximum absolute atomic E-state index is 6.50. The SMILES string of the molecule is Clc1ccc(CN2CCC[C@H](c3nc4ncccc4n3Cl)C2)c(Cl)c1. The van der Waals surface area contributed by atoms with Crippen molar-refractivity contribution in [2.24, 2.45) is 0 Å². The lowest BCUT2D eigenvalue weighted by Gasteiger charge is -2.32. The molecule has 0 bridgehead atoms. The highest BCUT2D eigenvalue weighted by molar-refractivity contribution is 6.35. The quantitative estimate of drug-likeness (QED) is 0.617. The second-order valence-corrected chi connectivity index (χ2v) is 7.59. The van der Waals surface area contributed by atoms with E-state index < -0.39 is 0 Å². The standard InChI is InChI=1S/C18H17Cl3N4/c19-14-6-5-12(15(20)9-14)10-24-8-2-3-13(11-24)18-23-17-16(25(18)21)4-1-7-22-17/h1,4-7,9,13H,2-3,8,10-11H2/t13-/m0/s1. The van der Waals surface area contributed by atoms with E-state index in [9.17, 15) is 0 Å². The fourth-order valence-corrected chi connectivity index (χ4v) is 4.23. The number of piperidine rings is 1. The van der Waals surface area contributed by atoms with Gasteiger partial charge in [-0.3, -0.25) is 4.90 Å². The number of likely N-dealkylation sites (tertiary alicyclic amines) is 1. The number of rotatable bonds is 3. The zero-order valence-electron chi connectivity index (χ0n) is 13.5. The van der Waals surface area contributed by atoms with E-state index in [1.54, 1.807) is 16.3 Å². The summed E-state index contributed by atoms with van der Waals surface area (Å²) in [5.74, 6) is 1.17. The van der Waals surface area contributed by atoms with Crippen LogP contribution in [0.15, 0.2) is 36.5 Å². The predicted octanol–water partition coefficient (Wildman–Crippen LogP) is 5.12. The van der Waals surface area contributed by atoms with Crippen molar-refractivity contribution in [3.05, 3.63) is 58.0 Å². The van der Waals surface area contributed by atoms with Crippen molar-refractivity contribution in [2.75, 3.05) is 13.1 Å². The molecule has 1 aliphatic rings. The molecule has 25 heavy (non-hydrogen) atoms. The van der Waals surface area contributed by atoms with Crippen LogP contribution in [0.5, 0.6) is 0 Å². The summed E-state index contributed by atoms with van der Waals surface area (Å²) >= 11 is 18.8. The van der Waals surface area contributed by atoms with Gasteiger partial charge in [-0.15, -0.1) is 0 Å². The Bertz CT molecular complexity index is 908. The van der Waals surface area contributed by atoms with Crippen molar-refractivity contribution in [2.45, 2.75) is 25.3 Å². The second kappa shape index (κ2) is 7.12. The fourth-order valence-electron chi connectivity index (χ4n) is 3.46. The van der Waals surface area contributed by atoms with Gasteiger partial charge in [-0.25, -0.2) is 14.1 Å². The smallest absolute Gasteiger partial charge is 0.179 e. The van der Waals surface area contributed by atoms with Crippen molar-refractivity contribution in [3.8, 4) is 0 Å². The van der Waals surface area contributed by atoms with Crippen LogP contribution in [0.25, 0.3) is 11.2 Å². The molecule has 0 saturated carbocycles. The number of benzene rings is 1. The van der Waals surface area contributed by atoms with E-state index in [0.29, 0.717) is 15.7 Å². The zero-order valence-corrected chi connectivity index (χ0v) is 15.8. The van der Waals surface area contributed by atoms with Gasteiger partial charge in [-0.05, 0) is 49.2 Å². The van der Waals surface area contributed by atoms with Gasteiger partial charge in [-0.1, -0.05) is 29.3 Å². The number of nitrogens with zero attached hydrogens (tertiary/aromatic N) is 4. The van der Waals surface area contributed by atoms with Gasteiger partial charge < -0.3 is 0 Å². The normalized spacial score (nSPS) is 18.8. The Hall–Kier alpha value is -1.33. The minimum atomic E-state index is 0.284. The molecule has 130 valence electrons. The number of hydrogen-bond acceptors (Lipinski definition) is 3. The third kappa shape index (κ3) is 3.49. The molecule has 3 heterocycles. The van der Waals surface area contributed by atoms with Crippen LogP contribution in [0.2, 0.25) is 10.0 Å². The number of pyridine rings is 1. The average Bonchev–Trinajstić information content (AvgIpc) is 2.95. The molecular formula is C18H17Cl3N4. The predicted molar refractivity (Wildman–Crippen MR) is 102 cm³/mol. The second-order valence-electron chi connectivity index (χ2n) is 6.41. The van der Waals surface area contributed by atoms with Crippen LogP contribution in [0.4, 0.5) is 0 Å². The first-order valence-electron chi connectivity index (χ1n) is 8.27. The van der Waals surface area contributed by atoms with E-state index in [2.05, 4.69) is 14.9 Å². The highest BCUT2D eigenvalue weighted by atomic mass is 35.5. The summed E-state index contributed by atoms with van der Waals surface area (Å²) in [5.41, 5.74) is 2.65. The molecule has 0 spiro atoms. The molecule has 7 heteroatoms. The van der Waals surface area contributed by atoms with Gasteiger partial charge in [0.05, 0.1) is 0 Å². The largest absolute Gasteiger partial charge is 0.298 e. The Labute approximate surface area is 161 Å². The monoisotopic (exact) mass is 394 g/mol. The average molecular weight is 396 g/mol. The Kier molecular flexibility index (Phi) is 4.87. The van der Waals surface area contributed by atoms with Gasteiger partial charge >= 0.3 is 0 Å².